The smallest absolute Gasteiger partial charge is 0.339 e. The van der Waals surface area contributed by atoms with E-state index >= 15 is 0 Å². The molecule has 0 unspecified atom stereocenters. The van der Waals surface area contributed by atoms with Gasteiger partial charge in [-0.05, 0) is 56.8 Å². The highest BCUT2D eigenvalue weighted by Crippen LogP contribution is 2.29. The van der Waals surface area contributed by atoms with Crippen molar-refractivity contribution < 1.29 is 23.1 Å². The van der Waals surface area contributed by atoms with Crippen LogP contribution >= 0.6 is 0 Å². The van der Waals surface area contributed by atoms with Gasteiger partial charge < -0.3 is 14.7 Å². The van der Waals surface area contributed by atoms with Crippen LogP contribution in [-0.2, 0) is 14.8 Å². The molecule has 9 nitrogen and oxygen atoms in total. The maximum Gasteiger partial charge on any atom is 0.339 e. The van der Waals surface area contributed by atoms with E-state index < -0.39 is 16.0 Å². The van der Waals surface area contributed by atoms with E-state index in [2.05, 4.69) is 14.6 Å². The monoisotopic (exact) mass is 488 g/mol. The highest BCUT2D eigenvalue weighted by molar-refractivity contribution is 7.92. The number of anilines is 2. The molecule has 1 aromatic heterocycles. The molecule has 0 aliphatic carbocycles. The van der Waals surface area contributed by atoms with Crippen molar-refractivity contribution >= 4 is 27.5 Å². The van der Waals surface area contributed by atoms with Gasteiger partial charge in [-0.3, -0.25) is 9.62 Å². The maximum absolute atomic E-state index is 12.7. The fraction of sp³-hybridized carbons (Fsp3) is 0.500. The first-order valence-corrected chi connectivity index (χ1v) is 13.2. The standard InChI is InChI=1S/C24H32N4O5S/c1-18-2-4-21(5-3-18)34(31,32)26-20-16-22(24(29)30)23(25-17-20)28-10-7-19(8-11-28)6-9-27-12-14-33-15-13-27/h2-5,16-17,19,26H,6-15H2,1H3,(H,29,30). The second-order valence-corrected chi connectivity index (χ2v) is 10.7. The molecule has 2 fully saturated rings. The Morgan fingerprint density at radius 2 is 1.82 bits per heavy atom. The van der Waals surface area contributed by atoms with E-state index in [9.17, 15) is 18.3 Å². The van der Waals surface area contributed by atoms with Crippen LogP contribution in [-0.4, -0.2) is 75.3 Å². The van der Waals surface area contributed by atoms with Crippen molar-refractivity contribution in [2.45, 2.75) is 31.1 Å². The van der Waals surface area contributed by atoms with E-state index in [-0.39, 0.29) is 16.1 Å². The van der Waals surface area contributed by atoms with Gasteiger partial charge in [0.25, 0.3) is 10.0 Å². The van der Waals surface area contributed by atoms with Crippen LogP contribution in [0.2, 0.25) is 0 Å². The molecule has 2 aliphatic heterocycles. The average Bonchev–Trinajstić information content (AvgIpc) is 2.84. The lowest BCUT2D eigenvalue weighted by Gasteiger charge is -2.35. The third-order valence-corrected chi connectivity index (χ3v) is 7.95. The lowest BCUT2D eigenvalue weighted by Crippen LogP contribution is -2.39. The van der Waals surface area contributed by atoms with Gasteiger partial charge in [0, 0.05) is 26.2 Å². The Kier molecular flexibility index (Phi) is 7.70. The molecule has 184 valence electrons. The third kappa shape index (κ3) is 6.05. The molecule has 1 aromatic carbocycles. The van der Waals surface area contributed by atoms with Gasteiger partial charge in [0.05, 0.1) is 30.0 Å². The van der Waals surface area contributed by atoms with Gasteiger partial charge in [-0.25, -0.2) is 18.2 Å². The molecule has 0 amide bonds. The Balaban J connectivity index is 1.40. The van der Waals surface area contributed by atoms with Crippen molar-refractivity contribution in [1.82, 2.24) is 9.88 Å². The number of rotatable bonds is 8. The summed E-state index contributed by atoms with van der Waals surface area (Å²) in [6.45, 7) is 8.00. The van der Waals surface area contributed by atoms with Crippen molar-refractivity contribution in [1.29, 1.82) is 0 Å². The molecule has 10 heteroatoms. The molecule has 0 atom stereocenters. The van der Waals surface area contributed by atoms with Gasteiger partial charge in [0.15, 0.2) is 0 Å². The van der Waals surface area contributed by atoms with Crippen LogP contribution in [0.1, 0.15) is 35.2 Å². The largest absolute Gasteiger partial charge is 0.478 e. The zero-order valence-electron chi connectivity index (χ0n) is 19.4. The fourth-order valence-corrected chi connectivity index (χ4v) is 5.51. The van der Waals surface area contributed by atoms with E-state index in [1.807, 2.05) is 11.8 Å². The first-order valence-electron chi connectivity index (χ1n) is 11.7. The molecule has 2 aromatic rings. The predicted molar refractivity (Wildman–Crippen MR) is 130 cm³/mol. The van der Waals surface area contributed by atoms with Gasteiger partial charge >= 0.3 is 5.97 Å². The van der Waals surface area contributed by atoms with Crippen molar-refractivity contribution in [2.75, 3.05) is 55.6 Å². The van der Waals surface area contributed by atoms with Crippen LogP contribution < -0.4 is 9.62 Å². The van der Waals surface area contributed by atoms with Gasteiger partial charge in [-0.2, -0.15) is 0 Å². The molecule has 0 spiro atoms. The highest BCUT2D eigenvalue weighted by atomic mass is 32.2. The number of piperidine rings is 1. The average molecular weight is 489 g/mol. The Bertz CT molecular complexity index is 1090. The number of aromatic carboxylic acids is 1. The summed E-state index contributed by atoms with van der Waals surface area (Å²) in [5.41, 5.74) is 1.07. The number of aromatic nitrogens is 1. The van der Waals surface area contributed by atoms with E-state index in [4.69, 9.17) is 4.74 Å². The van der Waals surface area contributed by atoms with Crippen molar-refractivity contribution in [3.05, 3.63) is 47.7 Å². The van der Waals surface area contributed by atoms with Gasteiger partial charge in [0.1, 0.15) is 11.4 Å². The number of carboxylic acids is 1. The highest BCUT2D eigenvalue weighted by Gasteiger charge is 2.25. The minimum Gasteiger partial charge on any atom is -0.478 e. The lowest BCUT2D eigenvalue weighted by atomic mass is 9.93. The Morgan fingerprint density at radius 1 is 1.15 bits per heavy atom. The minimum absolute atomic E-state index is 0.00382. The van der Waals surface area contributed by atoms with E-state index in [1.54, 1.807) is 12.1 Å². The van der Waals surface area contributed by atoms with Crippen LogP contribution in [0.15, 0.2) is 41.4 Å². The number of morpholine rings is 1. The summed E-state index contributed by atoms with van der Waals surface area (Å²) in [6, 6.07) is 7.80. The maximum atomic E-state index is 12.7. The van der Waals surface area contributed by atoms with E-state index in [0.29, 0.717) is 11.7 Å². The van der Waals surface area contributed by atoms with Crippen LogP contribution in [0.25, 0.3) is 0 Å². The Labute approximate surface area is 200 Å². The van der Waals surface area contributed by atoms with Gasteiger partial charge in [0.2, 0.25) is 0 Å². The van der Waals surface area contributed by atoms with Crippen molar-refractivity contribution in [2.24, 2.45) is 5.92 Å². The molecule has 2 aliphatic rings. The normalized spacial score (nSPS) is 18.1. The lowest BCUT2D eigenvalue weighted by molar-refractivity contribution is 0.0349. The summed E-state index contributed by atoms with van der Waals surface area (Å²) in [5, 5.41) is 9.79. The Morgan fingerprint density at radius 3 is 2.47 bits per heavy atom. The molecule has 2 N–H and O–H groups in total. The zero-order chi connectivity index (χ0) is 24.1. The number of ether oxygens (including phenoxy) is 1. The molecule has 4 rings (SSSR count). The second-order valence-electron chi connectivity index (χ2n) is 8.99. The summed E-state index contributed by atoms with van der Waals surface area (Å²) in [6.07, 6.45) is 4.48. The van der Waals surface area contributed by atoms with Crippen LogP contribution in [0.5, 0.6) is 0 Å². The molecule has 0 bridgehead atoms. The number of carbonyl (C=O) groups is 1. The third-order valence-electron chi connectivity index (χ3n) is 6.55. The number of pyridine rings is 1. The van der Waals surface area contributed by atoms with E-state index in [1.165, 1.54) is 24.4 Å². The fourth-order valence-electron chi connectivity index (χ4n) is 4.48. The number of nitrogens with one attached hydrogen (secondary N) is 1. The number of carboxylic acid groups (broad SMARTS) is 1. The number of sulfonamides is 1. The Hall–Kier alpha value is -2.69. The number of benzene rings is 1. The summed E-state index contributed by atoms with van der Waals surface area (Å²) in [7, 11) is -3.84. The zero-order valence-corrected chi connectivity index (χ0v) is 20.3. The topological polar surface area (TPSA) is 112 Å². The number of aryl methyl sites for hydroxylation is 1. The van der Waals surface area contributed by atoms with Crippen LogP contribution in [0.3, 0.4) is 0 Å². The summed E-state index contributed by atoms with van der Waals surface area (Å²) in [4.78, 5) is 20.9. The first-order chi connectivity index (χ1) is 16.3. The molecule has 2 saturated heterocycles. The molecule has 34 heavy (non-hydrogen) atoms. The van der Waals surface area contributed by atoms with E-state index in [0.717, 1.165) is 70.8 Å². The second kappa shape index (κ2) is 10.7. The van der Waals surface area contributed by atoms with Crippen molar-refractivity contribution in [3.8, 4) is 0 Å². The summed E-state index contributed by atoms with van der Waals surface area (Å²) in [5.74, 6) is -0.140. The molecule has 3 heterocycles. The molecule has 0 saturated carbocycles. The summed E-state index contributed by atoms with van der Waals surface area (Å²) >= 11 is 0. The van der Waals surface area contributed by atoms with Gasteiger partial charge in [-0.1, -0.05) is 17.7 Å². The molecular formula is C24H32N4O5S. The molecular weight excluding hydrogens is 456 g/mol. The SMILES string of the molecule is Cc1ccc(S(=O)(=O)Nc2cnc(N3CCC(CCN4CCOCC4)CC3)c(C(=O)O)c2)cc1. The first kappa shape index (κ1) is 24.4. The number of hydrogen-bond donors (Lipinski definition) is 2. The molecule has 0 radical (unpaired) electrons. The van der Waals surface area contributed by atoms with Gasteiger partial charge in [-0.15, -0.1) is 0 Å². The number of hydrogen-bond acceptors (Lipinski definition) is 7. The quantitative estimate of drug-likeness (QED) is 0.583. The van der Waals surface area contributed by atoms with Crippen molar-refractivity contribution in [3.63, 3.8) is 0 Å². The van der Waals surface area contributed by atoms with Crippen LogP contribution in [0, 0.1) is 12.8 Å². The minimum atomic E-state index is -3.84. The predicted octanol–water partition coefficient (Wildman–Crippen LogP) is 2.83. The van der Waals surface area contributed by atoms with Crippen LogP contribution in [0.4, 0.5) is 11.5 Å². The summed E-state index contributed by atoms with van der Waals surface area (Å²) < 4.78 is 33.2. The number of nitrogens with zero attached hydrogens (tertiary/aromatic N) is 3.